The van der Waals surface area contributed by atoms with Crippen LogP contribution in [0.1, 0.15) is 65.2 Å². The minimum Gasteiger partial charge on any atom is -0.341 e. The van der Waals surface area contributed by atoms with Gasteiger partial charge < -0.3 is 10.2 Å². The zero-order chi connectivity index (χ0) is 14.6. The van der Waals surface area contributed by atoms with Crippen molar-refractivity contribution in [3.05, 3.63) is 0 Å². The van der Waals surface area contributed by atoms with Gasteiger partial charge in [-0.15, -0.1) is 0 Å². The highest BCUT2D eigenvalue weighted by molar-refractivity contribution is 5.82. The lowest BCUT2D eigenvalue weighted by atomic mass is 9.87. The molecule has 0 aromatic rings. The van der Waals surface area contributed by atoms with Gasteiger partial charge in [-0.3, -0.25) is 4.79 Å². The molecular formula is C17H32N2O. The summed E-state index contributed by atoms with van der Waals surface area (Å²) >= 11 is 0. The van der Waals surface area contributed by atoms with Crippen molar-refractivity contribution < 1.29 is 4.79 Å². The Bertz CT molecular complexity index is 319. The van der Waals surface area contributed by atoms with E-state index >= 15 is 0 Å². The van der Waals surface area contributed by atoms with Crippen LogP contribution in [0.2, 0.25) is 0 Å². The molecule has 1 N–H and O–H groups in total. The fraction of sp³-hybridized carbons (Fsp3) is 0.941. The number of nitrogens with one attached hydrogen (secondary N) is 1. The Kier molecular flexibility index (Phi) is 5.48. The highest BCUT2D eigenvalue weighted by atomic mass is 16.2. The summed E-state index contributed by atoms with van der Waals surface area (Å²) in [5, 5.41) is 3.22. The Hall–Kier alpha value is -0.570. The van der Waals surface area contributed by atoms with Gasteiger partial charge in [0.2, 0.25) is 5.91 Å². The molecule has 3 heteroatoms. The number of likely N-dealkylation sites (N-methyl/N-ethyl adjacent to an activating group) is 1. The second-order valence-corrected chi connectivity index (χ2v) is 7.62. The number of amides is 1. The van der Waals surface area contributed by atoms with Crippen molar-refractivity contribution >= 4 is 5.91 Å². The third-order valence-electron chi connectivity index (χ3n) is 5.14. The maximum atomic E-state index is 12.7. The molecule has 1 aliphatic carbocycles. The topological polar surface area (TPSA) is 32.3 Å². The molecule has 2 aliphatic rings. The molecule has 3 nitrogen and oxygen atoms in total. The molecular weight excluding hydrogens is 248 g/mol. The van der Waals surface area contributed by atoms with Gasteiger partial charge in [-0.2, -0.15) is 0 Å². The van der Waals surface area contributed by atoms with Crippen LogP contribution in [0.25, 0.3) is 0 Å². The predicted octanol–water partition coefficient (Wildman–Crippen LogP) is 3.19. The minimum absolute atomic E-state index is 0.0301. The summed E-state index contributed by atoms with van der Waals surface area (Å²) in [6.07, 6.45) is 10.2. The highest BCUT2D eigenvalue weighted by Gasteiger charge is 2.34. The van der Waals surface area contributed by atoms with Crippen LogP contribution in [-0.2, 0) is 4.79 Å². The second kappa shape index (κ2) is 6.93. The molecule has 1 unspecified atom stereocenters. The third kappa shape index (κ3) is 4.21. The van der Waals surface area contributed by atoms with Crippen molar-refractivity contribution in [2.45, 2.75) is 71.3 Å². The van der Waals surface area contributed by atoms with Gasteiger partial charge >= 0.3 is 0 Å². The maximum absolute atomic E-state index is 12.7. The molecule has 1 saturated carbocycles. The Morgan fingerprint density at radius 1 is 1.15 bits per heavy atom. The smallest absolute Gasteiger partial charge is 0.239 e. The van der Waals surface area contributed by atoms with E-state index in [-0.39, 0.29) is 11.5 Å². The van der Waals surface area contributed by atoms with Gasteiger partial charge in [-0.25, -0.2) is 0 Å². The van der Waals surface area contributed by atoms with Crippen LogP contribution in [0.5, 0.6) is 0 Å². The molecule has 0 radical (unpaired) electrons. The normalized spacial score (nSPS) is 29.1. The number of carbonyl (C=O) groups excluding carboxylic acids is 1. The van der Waals surface area contributed by atoms with Gasteiger partial charge in [0.25, 0.3) is 0 Å². The molecule has 0 aromatic heterocycles. The summed E-state index contributed by atoms with van der Waals surface area (Å²) in [4.78, 5) is 14.9. The molecule has 0 bridgehead atoms. The highest BCUT2D eigenvalue weighted by Crippen LogP contribution is 2.31. The Morgan fingerprint density at radius 2 is 1.80 bits per heavy atom. The number of likely N-dealkylation sites (tertiary alicyclic amines) is 1. The van der Waals surface area contributed by atoms with Gasteiger partial charge in [0.05, 0.1) is 6.04 Å². The second-order valence-electron chi connectivity index (χ2n) is 7.62. The zero-order valence-corrected chi connectivity index (χ0v) is 13.6. The van der Waals surface area contributed by atoms with E-state index in [1.54, 1.807) is 0 Å². The molecule has 1 saturated heterocycles. The van der Waals surface area contributed by atoms with E-state index in [2.05, 4.69) is 24.1 Å². The SMILES string of the molecule is CNC1CCC(C)(C)CN(CC2CCCCCC2)C1=O. The van der Waals surface area contributed by atoms with E-state index in [9.17, 15) is 4.79 Å². The molecule has 116 valence electrons. The van der Waals surface area contributed by atoms with Crippen LogP contribution >= 0.6 is 0 Å². The average Bonchev–Trinajstić information content (AvgIpc) is 2.71. The summed E-state index contributed by atoms with van der Waals surface area (Å²) < 4.78 is 0. The van der Waals surface area contributed by atoms with E-state index in [0.29, 0.717) is 5.91 Å². The lowest BCUT2D eigenvalue weighted by Crippen LogP contribution is -2.46. The van der Waals surface area contributed by atoms with Crippen LogP contribution in [0, 0.1) is 11.3 Å². The van der Waals surface area contributed by atoms with Gasteiger partial charge in [0.1, 0.15) is 0 Å². The summed E-state index contributed by atoms with van der Waals surface area (Å²) in [5.41, 5.74) is 0.256. The van der Waals surface area contributed by atoms with E-state index in [1.165, 1.54) is 38.5 Å². The Morgan fingerprint density at radius 3 is 2.40 bits per heavy atom. The van der Waals surface area contributed by atoms with Crippen molar-refractivity contribution in [1.82, 2.24) is 10.2 Å². The van der Waals surface area contributed by atoms with Crippen LogP contribution < -0.4 is 5.32 Å². The first kappa shape index (κ1) is 15.8. The van der Waals surface area contributed by atoms with Crippen LogP contribution in [-0.4, -0.2) is 37.0 Å². The predicted molar refractivity (Wildman–Crippen MR) is 83.6 cm³/mol. The van der Waals surface area contributed by atoms with Gasteiger partial charge in [-0.05, 0) is 44.1 Å². The molecule has 0 spiro atoms. The third-order valence-corrected chi connectivity index (χ3v) is 5.14. The first-order valence-electron chi connectivity index (χ1n) is 8.48. The van der Waals surface area contributed by atoms with Crippen molar-refractivity contribution in [3.63, 3.8) is 0 Å². The van der Waals surface area contributed by atoms with Crippen LogP contribution in [0.3, 0.4) is 0 Å². The maximum Gasteiger partial charge on any atom is 0.239 e. The molecule has 1 aliphatic heterocycles. The van der Waals surface area contributed by atoms with Gasteiger partial charge in [0, 0.05) is 13.1 Å². The number of hydrogen-bond acceptors (Lipinski definition) is 2. The van der Waals surface area contributed by atoms with E-state index in [1.807, 2.05) is 7.05 Å². The van der Waals surface area contributed by atoms with Crippen molar-refractivity contribution in [2.75, 3.05) is 20.1 Å². The van der Waals surface area contributed by atoms with Crippen LogP contribution in [0.15, 0.2) is 0 Å². The fourth-order valence-electron chi connectivity index (χ4n) is 3.83. The molecule has 1 atom stereocenters. The summed E-state index contributed by atoms with van der Waals surface area (Å²) in [5.74, 6) is 1.06. The van der Waals surface area contributed by atoms with Crippen LogP contribution in [0.4, 0.5) is 0 Å². The number of rotatable bonds is 3. The summed E-state index contributed by atoms with van der Waals surface area (Å²) in [7, 11) is 1.92. The molecule has 0 aromatic carbocycles. The zero-order valence-electron chi connectivity index (χ0n) is 13.6. The monoisotopic (exact) mass is 280 g/mol. The quantitative estimate of drug-likeness (QED) is 0.805. The fourth-order valence-corrected chi connectivity index (χ4v) is 3.83. The number of nitrogens with zero attached hydrogens (tertiary/aromatic N) is 1. The van der Waals surface area contributed by atoms with Crippen molar-refractivity contribution in [3.8, 4) is 0 Å². The molecule has 1 heterocycles. The van der Waals surface area contributed by atoms with E-state index in [0.717, 1.165) is 31.8 Å². The van der Waals surface area contributed by atoms with Crippen molar-refractivity contribution in [1.29, 1.82) is 0 Å². The molecule has 1 amide bonds. The molecule has 20 heavy (non-hydrogen) atoms. The standard InChI is InChI=1S/C17H32N2O/c1-17(2)11-10-15(18-3)16(20)19(13-17)12-14-8-6-4-5-7-9-14/h14-15,18H,4-13H2,1-3H3. The minimum atomic E-state index is 0.0301. The van der Waals surface area contributed by atoms with Gasteiger partial charge in [0.15, 0.2) is 0 Å². The van der Waals surface area contributed by atoms with Gasteiger partial charge in [-0.1, -0.05) is 39.5 Å². The largest absolute Gasteiger partial charge is 0.341 e. The van der Waals surface area contributed by atoms with E-state index in [4.69, 9.17) is 0 Å². The first-order chi connectivity index (χ1) is 9.52. The number of carbonyl (C=O) groups is 1. The lowest BCUT2D eigenvalue weighted by molar-refractivity contribution is -0.134. The molecule has 2 rings (SSSR count). The Labute approximate surface area is 124 Å². The number of hydrogen-bond donors (Lipinski definition) is 1. The first-order valence-corrected chi connectivity index (χ1v) is 8.48. The summed E-state index contributed by atoms with van der Waals surface area (Å²) in [6.45, 7) is 6.53. The van der Waals surface area contributed by atoms with Crippen molar-refractivity contribution in [2.24, 2.45) is 11.3 Å². The van der Waals surface area contributed by atoms with E-state index < -0.39 is 0 Å². The Balaban J connectivity index is 2.03. The summed E-state index contributed by atoms with van der Waals surface area (Å²) in [6, 6.07) is 0.0301. The molecule has 2 fully saturated rings. The average molecular weight is 280 g/mol. The lowest BCUT2D eigenvalue weighted by Gasteiger charge is -2.32.